The highest BCUT2D eigenvalue weighted by Gasteiger charge is 2.06. The molecule has 0 aromatic carbocycles. The lowest BCUT2D eigenvalue weighted by molar-refractivity contribution is -0.120. The Bertz CT molecular complexity index is 354. The summed E-state index contributed by atoms with van der Waals surface area (Å²) in [6.45, 7) is 2.48. The molecule has 1 N–H and O–H groups in total. The van der Waals surface area contributed by atoms with E-state index in [4.69, 9.17) is 27.9 Å². The molecule has 88 valence electrons. The van der Waals surface area contributed by atoms with Gasteiger partial charge in [0.15, 0.2) is 0 Å². The van der Waals surface area contributed by atoms with Crippen LogP contribution in [0.2, 0.25) is 10.4 Å². The molecular weight excluding hydrogens is 253 g/mol. The Labute approximate surface area is 103 Å². The van der Waals surface area contributed by atoms with E-state index in [1.54, 1.807) is 0 Å². The topological polar surface area (TPSA) is 64.1 Å². The van der Waals surface area contributed by atoms with Crippen molar-refractivity contribution in [1.29, 1.82) is 0 Å². The minimum atomic E-state index is -0.306. The Morgan fingerprint density at radius 3 is 2.88 bits per heavy atom. The first-order valence-corrected chi connectivity index (χ1v) is 5.45. The molecule has 1 rings (SSSR count). The minimum Gasteiger partial charge on any atom is -0.372 e. The number of carbonyl (C=O) groups excluding carboxylic acids is 1. The number of halogens is 2. The van der Waals surface area contributed by atoms with Crippen LogP contribution in [-0.4, -0.2) is 29.1 Å². The van der Waals surface area contributed by atoms with Crippen molar-refractivity contribution in [3.05, 3.63) is 16.5 Å². The molecule has 0 spiro atoms. The lowest BCUT2D eigenvalue weighted by Gasteiger charge is -2.05. The van der Waals surface area contributed by atoms with E-state index in [1.807, 2.05) is 6.92 Å². The normalized spacial score (nSPS) is 10.2. The van der Waals surface area contributed by atoms with E-state index < -0.39 is 0 Å². The molecule has 16 heavy (non-hydrogen) atoms. The van der Waals surface area contributed by atoms with Crippen molar-refractivity contribution in [1.82, 2.24) is 9.97 Å². The molecule has 0 atom stereocenters. The first kappa shape index (κ1) is 13.2. The Balaban J connectivity index is 2.49. The molecule has 0 aliphatic rings. The maximum Gasteiger partial charge on any atom is 0.251 e. The van der Waals surface area contributed by atoms with Crippen LogP contribution in [0.5, 0.6) is 0 Å². The van der Waals surface area contributed by atoms with E-state index in [-0.39, 0.29) is 28.8 Å². The molecule has 0 saturated carbocycles. The molecule has 0 saturated heterocycles. The van der Waals surface area contributed by atoms with Gasteiger partial charge >= 0.3 is 0 Å². The molecule has 1 aromatic heterocycles. The molecular formula is C9H11Cl2N3O2. The average Bonchev–Trinajstić information content (AvgIpc) is 2.16. The molecule has 0 fully saturated rings. The second-order valence-electron chi connectivity index (χ2n) is 2.95. The van der Waals surface area contributed by atoms with Crippen molar-refractivity contribution >= 4 is 34.9 Å². The van der Waals surface area contributed by atoms with E-state index in [9.17, 15) is 4.79 Å². The molecule has 0 bridgehead atoms. The highest BCUT2D eigenvalue weighted by molar-refractivity contribution is 6.32. The summed E-state index contributed by atoms with van der Waals surface area (Å²) >= 11 is 11.2. The SMILES string of the molecule is CCCOCC(=O)Nc1cc(Cl)nc(Cl)n1. The van der Waals surface area contributed by atoms with Gasteiger partial charge in [0, 0.05) is 12.7 Å². The first-order chi connectivity index (χ1) is 7.61. The fourth-order valence-electron chi connectivity index (χ4n) is 0.942. The number of aromatic nitrogens is 2. The number of hydrogen-bond donors (Lipinski definition) is 1. The number of hydrogen-bond acceptors (Lipinski definition) is 4. The maximum absolute atomic E-state index is 11.3. The number of nitrogens with one attached hydrogen (secondary N) is 1. The quantitative estimate of drug-likeness (QED) is 0.502. The van der Waals surface area contributed by atoms with Gasteiger partial charge in [0.05, 0.1) is 0 Å². The lowest BCUT2D eigenvalue weighted by Crippen LogP contribution is -2.19. The van der Waals surface area contributed by atoms with Gasteiger partial charge in [-0.3, -0.25) is 4.79 Å². The van der Waals surface area contributed by atoms with Crippen molar-refractivity contribution in [3.8, 4) is 0 Å². The Morgan fingerprint density at radius 2 is 2.25 bits per heavy atom. The highest BCUT2D eigenvalue weighted by Crippen LogP contribution is 2.13. The van der Waals surface area contributed by atoms with Gasteiger partial charge in [0.25, 0.3) is 5.91 Å². The van der Waals surface area contributed by atoms with E-state index in [1.165, 1.54) is 6.07 Å². The lowest BCUT2D eigenvalue weighted by atomic mass is 10.5. The fraction of sp³-hybridized carbons (Fsp3) is 0.444. The van der Waals surface area contributed by atoms with Gasteiger partial charge in [-0.25, -0.2) is 9.97 Å². The zero-order valence-corrected chi connectivity index (χ0v) is 10.2. The van der Waals surface area contributed by atoms with Crippen LogP contribution in [-0.2, 0) is 9.53 Å². The van der Waals surface area contributed by atoms with Gasteiger partial charge in [-0.15, -0.1) is 0 Å². The van der Waals surface area contributed by atoms with Crippen molar-refractivity contribution in [3.63, 3.8) is 0 Å². The van der Waals surface area contributed by atoms with Gasteiger partial charge < -0.3 is 10.1 Å². The summed E-state index contributed by atoms with van der Waals surface area (Å²) in [6.07, 6.45) is 0.860. The summed E-state index contributed by atoms with van der Waals surface area (Å²) < 4.78 is 5.06. The first-order valence-electron chi connectivity index (χ1n) is 4.69. The summed E-state index contributed by atoms with van der Waals surface area (Å²) in [4.78, 5) is 18.8. The zero-order valence-electron chi connectivity index (χ0n) is 8.67. The number of nitrogens with zero attached hydrogens (tertiary/aromatic N) is 2. The monoisotopic (exact) mass is 263 g/mol. The third-order valence-corrected chi connectivity index (χ3v) is 1.88. The smallest absolute Gasteiger partial charge is 0.251 e. The van der Waals surface area contributed by atoms with Crippen LogP contribution in [0.15, 0.2) is 6.07 Å². The molecule has 0 aliphatic carbocycles. The van der Waals surface area contributed by atoms with E-state index >= 15 is 0 Å². The third kappa shape index (κ3) is 4.74. The summed E-state index contributed by atoms with van der Waals surface area (Å²) in [5.74, 6) is -0.0469. The average molecular weight is 264 g/mol. The molecule has 7 heteroatoms. The molecule has 1 amide bonds. The highest BCUT2D eigenvalue weighted by atomic mass is 35.5. The van der Waals surface area contributed by atoms with Crippen LogP contribution < -0.4 is 5.32 Å². The number of ether oxygens (including phenoxy) is 1. The largest absolute Gasteiger partial charge is 0.372 e. The predicted octanol–water partition coefficient (Wildman–Crippen LogP) is 2.15. The Kier molecular flexibility index (Phi) is 5.45. The van der Waals surface area contributed by atoms with Crippen LogP contribution in [0.4, 0.5) is 5.82 Å². The fourth-order valence-corrected chi connectivity index (χ4v) is 1.35. The Hall–Kier alpha value is -0.910. The summed E-state index contributed by atoms with van der Waals surface area (Å²) in [5, 5.41) is 2.65. The molecule has 1 aromatic rings. The van der Waals surface area contributed by atoms with Gasteiger partial charge in [0.2, 0.25) is 5.28 Å². The zero-order chi connectivity index (χ0) is 12.0. The molecule has 0 unspecified atom stereocenters. The van der Waals surface area contributed by atoms with Crippen LogP contribution in [0.1, 0.15) is 13.3 Å². The van der Waals surface area contributed by atoms with Crippen LogP contribution in [0.25, 0.3) is 0 Å². The summed E-state index contributed by atoms with van der Waals surface area (Å²) in [6, 6.07) is 1.41. The van der Waals surface area contributed by atoms with E-state index in [0.29, 0.717) is 6.61 Å². The number of anilines is 1. The van der Waals surface area contributed by atoms with Crippen molar-refractivity contribution in [2.75, 3.05) is 18.5 Å². The minimum absolute atomic E-state index is 0.0164. The van der Waals surface area contributed by atoms with E-state index in [2.05, 4.69) is 15.3 Å². The van der Waals surface area contributed by atoms with Crippen LogP contribution in [0, 0.1) is 0 Å². The van der Waals surface area contributed by atoms with Crippen molar-refractivity contribution < 1.29 is 9.53 Å². The van der Waals surface area contributed by atoms with Gasteiger partial charge in [0.1, 0.15) is 17.6 Å². The van der Waals surface area contributed by atoms with Crippen LogP contribution in [0.3, 0.4) is 0 Å². The van der Waals surface area contributed by atoms with Crippen molar-refractivity contribution in [2.24, 2.45) is 0 Å². The predicted molar refractivity (Wildman–Crippen MR) is 61.8 cm³/mol. The molecule has 0 radical (unpaired) electrons. The van der Waals surface area contributed by atoms with E-state index in [0.717, 1.165) is 6.42 Å². The Morgan fingerprint density at radius 1 is 1.50 bits per heavy atom. The number of carbonyl (C=O) groups is 1. The van der Waals surface area contributed by atoms with Gasteiger partial charge in [-0.2, -0.15) is 0 Å². The number of amides is 1. The summed E-state index contributed by atoms with van der Waals surface area (Å²) in [5.41, 5.74) is 0. The van der Waals surface area contributed by atoms with Gasteiger partial charge in [-0.05, 0) is 18.0 Å². The second-order valence-corrected chi connectivity index (χ2v) is 3.67. The maximum atomic E-state index is 11.3. The number of rotatable bonds is 5. The van der Waals surface area contributed by atoms with Gasteiger partial charge in [-0.1, -0.05) is 18.5 Å². The standard InChI is InChI=1S/C9H11Cl2N3O2/c1-2-3-16-5-8(15)13-7-4-6(10)12-9(11)14-7/h4H,2-3,5H2,1H3,(H,12,13,14,15). The summed E-state index contributed by atoms with van der Waals surface area (Å²) in [7, 11) is 0. The molecule has 0 aliphatic heterocycles. The molecule has 1 heterocycles. The molecule has 5 nitrogen and oxygen atoms in total. The van der Waals surface area contributed by atoms with Crippen molar-refractivity contribution in [2.45, 2.75) is 13.3 Å². The second kappa shape index (κ2) is 6.62. The third-order valence-electron chi connectivity index (χ3n) is 1.52. The van der Waals surface area contributed by atoms with Crippen LogP contribution >= 0.6 is 23.2 Å².